The number of nitriles is 1. The number of carbonyl (C=O) groups is 1. The molecule has 1 aromatic carbocycles. The van der Waals surface area contributed by atoms with E-state index < -0.39 is 11.8 Å². The summed E-state index contributed by atoms with van der Waals surface area (Å²) in [5.41, 5.74) is 10.3. The third-order valence-corrected chi connectivity index (χ3v) is 5.09. The lowest BCUT2D eigenvalue weighted by Crippen LogP contribution is -2.28. The molecule has 8 heteroatoms. The van der Waals surface area contributed by atoms with E-state index >= 15 is 0 Å². The molecule has 1 atom stereocenters. The van der Waals surface area contributed by atoms with E-state index in [1.54, 1.807) is 25.3 Å². The molecule has 1 aromatic heterocycles. The van der Waals surface area contributed by atoms with E-state index in [0.717, 1.165) is 11.3 Å². The molecule has 2 aliphatic rings. The highest BCUT2D eigenvalue weighted by Crippen LogP contribution is 2.51. The normalized spacial score (nSPS) is 16.7. The first-order valence-corrected chi connectivity index (χ1v) is 9.20. The molecule has 4 rings (SSSR count). The van der Waals surface area contributed by atoms with E-state index in [0.29, 0.717) is 51.9 Å². The number of allylic oxidation sites excluding steroid dienone is 1. The number of primary amides is 1. The summed E-state index contributed by atoms with van der Waals surface area (Å²) in [6.45, 7) is 6.01. The number of hydrogen-bond acceptors (Lipinski definition) is 7. The summed E-state index contributed by atoms with van der Waals surface area (Å²) in [5.74, 6) is 0.0592. The highest BCUT2D eigenvalue weighted by Gasteiger charge is 2.39. The Balaban J connectivity index is 2.05. The van der Waals surface area contributed by atoms with Crippen LogP contribution in [0.15, 0.2) is 29.6 Å². The lowest BCUT2D eigenvalue weighted by atomic mass is 9.79. The third-order valence-electron chi connectivity index (χ3n) is 5.09. The molecule has 1 amide bonds. The fourth-order valence-corrected chi connectivity index (χ4v) is 3.88. The van der Waals surface area contributed by atoms with Gasteiger partial charge in [0.15, 0.2) is 11.5 Å². The Kier molecular flexibility index (Phi) is 4.51. The van der Waals surface area contributed by atoms with Crippen LogP contribution in [0.3, 0.4) is 0 Å². The fourth-order valence-electron chi connectivity index (χ4n) is 3.88. The van der Waals surface area contributed by atoms with Crippen molar-refractivity contribution < 1.29 is 19.0 Å². The van der Waals surface area contributed by atoms with Crippen molar-refractivity contribution in [3.63, 3.8) is 0 Å². The maximum absolute atomic E-state index is 12.5. The van der Waals surface area contributed by atoms with Crippen molar-refractivity contribution >= 4 is 11.6 Å². The van der Waals surface area contributed by atoms with E-state index in [1.807, 2.05) is 13.8 Å². The molecule has 148 valence electrons. The van der Waals surface area contributed by atoms with Crippen LogP contribution in [-0.4, -0.2) is 24.3 Å². The Morgan fingerprint density at radius 1 is 1.38 bits per heavy atom. The smallest absolute Gasteiger partial charge is 0.247 e. The number of amides is 1. The number of rotatable bonds is 4. The molecule has 1 unspecified atom stereocenters. The number of nitrogens with one attached hydrogen (secondary N) is 1. The average Bonchev–Trinajstić information content (AvgIpc) is 3.18. The van der Waals surface area contributed by atoms with Gasteiger partial charge in [0.05, 0.1) is 29.3 Å². The third kappa shape index (κ3) is 2.83. The fraction of sp³-hybridized carbons (Fsp3) is 0.286. The molecule has 8 nitrogen and oxygen atoms in total. The number of pyridine rings is 1. The minimum absolute atomic E-state index is 0.00214. The number of carbonyl (C=O) groups excluding carboxylic acids is 1. The Hall–Kier alpha value is -3.73. The summed E-state index contributed by atoms with van der Waals surface area (Å²) in [6, 6.07) is 5.52. The van der Waals surface area contributed by atoms with E-state index in [1.165, 1.54) is 0 Å². The molecule has 0 spiro atoms. The molecule has 0 radical (unpaired) electrons. The van der Waals surface area contributed by atoms with Crippen LogP contribution >= 0.6 is 0 Å². The maximum Gasteiger partial charge on any atom is 0.247 e. The van der Waals surface area contributed by atoms with Crippen LogP contribution < -0.4 is 25.3 Å². The van der Waals surface area contributed by atoms with Crippen LogP contribution in [0, 0.1) is 18.3 Å². The van der Waals surface area contributed by atoms with Crippen molar-refractivity contribution in [3.8, 4) is 23.4 Å². The van der Waals surface area contributed by atoms with Gasteiger partial charge in [-0.2, -0.15) is 5.26 Å². The molecule has 2 aromatic rings. The van der Waals surface area contributed by atoms with Gasteiger partial charge in [-0.3, -0.25) is 4.79 Å². The molecular weight excluding hydrogens is 372 g/mol. The quantitative estimate of drug-likeness (QED) is 0.821. The summed E-state index contributed by atoms with van der Waals surface area (Å²) in [4.78, 5) is 16.9. The number of ether oxygens (including phenoxy) is 3. The van der Waals surface area contributed by atoms with Crippen molar-refractivity contribution in [2.75, 3.05) is 18.7 Å². The first-order chi connectivity index (χ1) is 14.0. The van der Waals surface area contributed by atoms with Gasteiger partial charge in [-0.05, 0) is 32.4 Å². The minimum Gasteiger partial charge on any atom is -0.478 e. The molecule has 2 aliphatic heterocycles. The summed E-state index contributed by atoms with van der Waals surface area (Å²) in [5, 5.41) is 12.7. The van der Waals surface area contributed by atoms with Gasteiger partial charge in [-0.15, -0.1) is 0 Å². The Labute approximate surface area is 167 Å². The minimum atomic E-state index is -0.583. The molecule has 29 heavy (non-hydrogen) atoms. The predicted octanol–water partition coefficient (Wildman–Crippen LogP) is 2.71. The van der Waals surface area contributed by atoms with Gasteiger partial charge in [0.2, 0.25) is 18.6 Å². The van der Waals surface area contributed by atoms with Crippen molar-refractivity contribution in [2.45, 2.75) is 26.7 Å². The van der Waals surface area contributed by atoms with Crippen molar-refractivity contribution in [3.05, 3.63) is 51.9 Å². The zero-order chi connectivity index (χ0) is 20.7. The highest BCUT2D eigenvalue weighted by atomic mass is 16.7. The number of nitrogens with zero attached hydrogens (tertiary/aromatic N) is 2. The second-order valence-corrected chi connectivity index (χ2v) is 6.81. The van der Waals surface area contributed by atoms with E-state index in [4.69, 9.17) is 19.9 Å². The van der Waals surface area contributed by atoms with Crippen LogP contribution in [0.5, 0.6) is 17.4 Å². The predicted molar refractivity (Wildman–Crippen MR) is 105 cm³/mol. The Bertz CT molecular complexity index is 1100. The largest absolute Gasteiger partial charge is 0.478 e. The van der Waals surface area contributed by atoms with Gasteiger partial charge in [0.25, 0.3) is 0 Å². The molecule has 3 heterocycles. The summed E-state index contributed by atoms with van der Waals surface area (Å²) < 4.78 is 17.0. The van der Waals surface area contributed by atoms with Crippen LogP contribution in [0.4, 0.5) is 5.69 Å². The topological polar surface area (TPSA) is 119 Å². The number of fused-ring (bicyclic) bond motifs is 2. The Morgan fingerprint density at radius 2 is 2.14 bits per heavy atom. The van der Waals surface area contributed by atoms with Gasteiger partial charge in [-0.1, -0.05) is 6.07 Å². The average molecular weight is 392 g/mol. The molecule has 0 bridgehead atoms. The lowest BCUT2D eigenvalue weighted by molar-refractivity contribution is -0.114. The van der Waals surface area contributed by atoms with Crippen LogP contribution in [0.2, 0.25) is 0 Å². The molecular formula is C21H20N4O4. The second kappa shape index (κ2) is 7.02. The summed E-state index contributed by atoms with van der Waals surface area (Å²) in [6.07, 6.45) is 1.72. The lowest BCUT2D eigenvalue weighted by Gasteiger charge is -2.32. The number of aromatic nitrogens is 1. The molecule has 3 N–H and O–H groups in total. The van der Waals surface area contributed by atoms with Gasteiger partial charge >= 0.3 is 0 Å². The van der Waals surface area contributed by atoms with Crippen molar-refractivity contribution in [1.82, 2.24) is 4.98 Å². The van der Waals surface area contributed by atoms with Crippen LogP contribution in [0.1, 0.15) is 42.0 Å². The highest BCUT2D eigenvalue weighted by molar-refractivity contribution is 5.98. The molecule has 0 saturated carbocycles. The van der Waals surface area contributed by atoms with Gasteiger partial charge in [-0.25, -0.2) is 4.98 Å². The number of benzene rings is 1. The SMILES string of the molecule is CCOc1ncc(C)c2c1C(c1ccc(C#N)c3c1OCO3)C(C(N)=O)=C(C)N2. The number of nitrogens with two attached hydrogens (primary N) is 1. The second-order valence-electron chi connectivity index (χ2n) is 6.81. The maximum atomic E-state index is 12.5. The number of aryl methyl sites for hydroxylation is 1. The van der Waals surface area contributed by atoms with Crippen LogP contribution in [0.25, 0.3) is 0 Å². The van der Waals surface area contributed by atoms with E-state index in [9.17, 15) is 10.1 Å². The zero-order valence-corrected chi connectivity index (χ0v) is 16.3. The summed E-state index contributed by atoms with van der Waals surface area (Å²) >= 11 is 0. The number of hydrogen-bond donors (Lipinski definition) is 2. The number of anilines is 1. The zero-order valence-electron chi connectivity index (χ0n) is 16.3. The van der Waals surface area contributed by atoms with Crippen molar-refractivity contribution in [1.29, 1.82) is 5.26 Å². The van der Waals surface area contributed by atoms with Gasteiger partial charge in [0.1, 0.15) is 6.07 Å². The summed E-state index contributed by atoms with van der Waals surface area (Å²) in [7, 11) is 0. The van der Waals surface area contributed by atoms with Gasteiger partial charge < -0.3 is 25.3 Å². The van der Waals surface area contributed by atoms with Crippen LogP contribution in [-0.2, 0) is 4.79 Å². The van der Waals surface area contributed by atoms with Crippen molar-refractivity contribution in [2.24, 2.45) is 5.73 Å². The van der Waals surface area contributed by atoms with Gasteiger partial charge in [0, 0.05) is 23.0 Å². The van der Waals surface area contributed by atoms with E-state index in [-0.39, 0.29) is 6.79 Å². The monoisotopic (exact) mass is 392 g/mol. The first-order valence-electron chi connectivity index (χ1n) is 9.20. The standard InChI is InChI=1S/C21H20N4O4/c1-4-27-21-16-15(13-6-5-12(7-22)18-19(13)29-9-28-18)14(20(23)26)11(3)25-17(16)10(2)8-24-21/h5-6,8,15,25H,4,9H2,1-3H3,(H2,23,26). The molecule has 0 aliphatic carbocycles. The Morgan fingerprint density at radius 3 is 2.83 bits per heavy atom. The molecule has 0 fully saturated rings. The first kappa shape index (κ1) is 18.6. The molecule has 0 saturated heterocycles. The van der Waals surface area contributed by atoms with E-state index in [2.05, 4.69) is 16.4 Å².